The molecule has 1 N–H and O–H groups in total. The molecule has 1 aliphatic heterocycles. The predicted molar refractivity (Wildman–Crippen MR) is 104 cm³/mol. The second kappa shape index (κ2) is 7.31. The van der Waals surface area contributed by atoms with E-state index in [4.69, 9.17) is 4.74 Å². The van der Waals surface area contributed by atoms with E-state index in [1.807, 2.05) is 30.3 Å². The molecule has 146 valence electrons. The molecule has 0 saturated carbocycles. The number of carbonyl (C=O) groups excluding carboxylic acids is 3. The van der Waals surface area contributed by atoms with Crippen LogP contribution in [-0.2, 0) is 9.53 Å². The van der Waals surface area contributed by atoms with Crippen LogP contribution in [0.1, 0.15) is 44.9 Å². The molecule has 1 amide bonds. The van der Waals surface area contributed by atoms with Crippen molar-refractivity contribution in [3.8, 4) is 5.69 Å². The molecule has 0 aliphatic carbocycles. The Morgan fingerprint density at radius 3 is 2.66 bits per heavy atom. The molecule has 2 aromatic carbocycles. The van der Waals surface area contributed by atoms with Crippen molar-refractivity contribution in [2.45, 2.75) is 19.8 Å². The molecule has 4 rings (SSSR count). The number of ether oxygens (including phenoxy) is 1. The van der Waals surface area contributed by atoms with Crippen LogP contribution in [0.4, 0.5) is 5.69 Å². The van der Waals surface area contributed by atoms with Gasteiger partial charge in [-0.15, -0.1) is 5.10 Å². The zero-order valence-corrected chi connectivity index (χ0v) is 15.9. The Labute approximate surface area is 166 Å². The van der Waals surface area contributed by atoms with Gasteiger partial charge in [-0.1, -0.05) is 18.2 Å². The Bertz CT molecular complexity index is 1120. The molecule has 0 unspecified atom stereocenters. The van der Waals surface area contributed by atoms with Crippen molar-refractivity contribution in [3.63, 3.8) is 0 Å². The first kappa shape index (κ1) is 18.5. The number of carbonyl (C=O) groups is 3. The summed E-state index contributed by atoms with van der Waals surface area (Å²) in [4.78, 5) is 37.9. The fraction of sp³-hybridized carbons (Fsp3) is 0.190. The lowest BCUT2D eigenvalue weighted by molar-refractivity contribution is -0.116. The standard InChI is InChI=1S/C21H18N4O4/c1-12-16-10-14(8-9-17(16)22-20(12)27)18(26)11-29-21(28)19-13(2)23-25(24-19)15-6-4-3-5-7-15/h3-10,12H,11H2,1-2H3,(H,22,27)/t12-/m0/s1. The lowest BCUT2D eigenvalue weighted by atomic mass is 9.99. The van der Waals surface area contributed by atoms with Crippen molar-refractivity contribution in [2.75, 3.05) is 11.9 Å². The minimum atomic E-state index is -0.718. The highest BCUT2D eigenvalue weighted by Gasteiger charge is 2.27. The number of nitrogens with one attached hydrogen (secondary N) is 1. The fourth-order valence-electron chi connectivity index (χ4n) is 3.12. The molecule has 0 fully saturated rings. The van der Waals surface area contributed by atoms with E-state index in [0.29, 0.717) is 22.6 Å². The smallest absolute Gasteiger partial charge is 0.361 e. The number of Topliss-reactive ketones (excluding diaryl/α,β-unsaturated/α-hetero) is 1. The van der Waals surface area contributed by atoms with Crippen molar-refractivity contribution in [1.29, 1.82) is 0 Å². The number of benzene rings is 2. The maximum atomic E-state index is 12.5. The lowest BCUT2D eigenvalue weighted by Gasteiger charge is -2.06. The molecule has 8 heteroatoms. The molecule has 1 atom stereocenters. The van der Waals surface area contributed by atoms with E-state index in [-0.39, 0.29) is 23.3 Å². The third-order valence-corrected chi connectivity index (χ3v) is 4.79. The van der Waals surface area contributed by atoms with Gasteiger partial charge in [0.15, 0.2) is 18.1 Å². The molecule has 1 aliphatic rings. The number of fused-ring (bicyclic) bond motifs is 1. The minimum Gasteiger partial charge on any atom is -0.452 e. The van der Waals surface area contributed by atoms with Crippen LogP contribution in [0.5, 0.6) is 0 Å². The number of amides is 1. The summed E-state index contributed by atoms with van der Waals surface area (Å²) in [5.74, 6) is -1.51. The maximum absolute atomic E-state index is 12.5. The summed E-state index contributed by atoms with van der Waals surface area (Å²) in [7, 11) is 0. The van der Waals surface area contributed by atoms with Gasteiger partial charge in [0, 0.05) is 11.3 Å². The van der Waals surface area contributed by atoms with Gasteiger partial charge in [0.05, 0.1) is 17.3 Å². The van der Waals surface area contributed by atoms with Gasteiger partial charge in [-0.2, -0.15) is 9.90 Å². The van der Waals surface area contributed by atoms with Gasteiger partial charge in [-0.3, -0.25) is 9.59 Å². The highest BCUT2D eigenvalue weighted by Crippen LogP contribution is 2.32. The molecular weight excluding hydrogens is 372 g/mol. The zero-order valence-electron chi connectivity index (χ0n) is 15.9. The molecule has 1 aromatic heterocycles. The van der Waals surface area contributed by atoms with Crippen molar-refractivity contribution in [3.05, 3.63) is 71.0 Å². The summed E-state index contributed by atoms with van der Waals surface area (Å²) in [6.45, 7) is 3.00. The Balaban J connectivity index is 1.45. The first-order chi connectivity index (χ1) is 13.9. The predicted octanol–water partition coefficient (Wildman–Crippen LogP) is 2.67. The molecule has 0 spiro atoms. The van der Waals surface area contributed by atoms with Crippen LogP contribution in [0, 0.1) is 6.92 Å². The summed E-state index contributed by atoms with van der Waals surface area (Å²) in [5, 5.41) is 11.1. The topological polar surface area (TPSA) is 103 Å². The molecule has 0 bridgehead atoms. The Hall–Kier alpha value is -3.81. The number of aromatic nitrogens is 3. The highest BCUT2D eigenvalue weighted by atomic mass is 16.5. The third-order valence-electron chi connectivity index (χ3n) is 4.79. The van der Waals surface area contributed by atoms with Gasteiger partial charge >= 0.3 is 5.97 Å². The summed E-state index contributed by atoms with van der Waals surface area (Å²) in [5.41, 5.74) is 3.00. The van der Waals surface area contributed by atoms with E-state index in [1.165, 1.54) is 4.80 Å². The molecule has 0 saturated heterocycles. The summed E-state index contributed by atoms with van der Waals surface area (Å²) >= 11 is 0. The normalized spacial score (nSPS) is 15.0. The molecule has 8 nitrogen and oxygen atoms in total. The van der Waals surface area contributed by atoms with Crippen molar-refractivity contribution in [1.82, 2.24) is 15.0 Å². The Kier molecular flexibility index (Phi) is 4.67. The van der Waals surface area contributed by atoms with Crippen LogP contribution in [0.15, 0.2) is 48.5 Å². The number of hydrogen-bond donors (Lipinski definition) is 1. The Morgan fingerprint density at radius 1 is 1.14 bits per heavy atom. The summed E-state index contributed by atoms with van der Waals surface area (Å²) < 4.78 is 5.15. The van der Waals surface area contributed by atoms with Crippen LogP contribution in [0.25, 0.3) is 5.69 Å². The van der Waals surface area contributed by atoms with E-state index in [1.54, 1.807) is 32.0 Å². The summed E-state index contributed by atoms with van der Waals surface area (Å²) in [6.07, 6.45) is 0. The average molecular weight is 390 g/mol. The van der Waals surface area contributed by atoms with Gasteiger partial charge in [0.25, 0.3) is 0 Å². The first-order valence-electron chi connectivity index (χ1n) is 9.08. The average Bonchev–Trinajstić information content (AvgIpc) is 3.26. The first-order valence-corrected chi connectivity index (χ1v) is 9.08. The van der Waals surface area contributed by atoms with E-state index in [9.17, 15) is 14.4 Å². The van der Waals surface area contributed by atoms with Gasteiger partial charge < -0.3 is 10.1 Å². The van der Waals surface area contributed by atoms with Gasteiger partial charge in [-0.25, -0.2) is 4.79 Å². The fourth-order valence-corrected chi connectivity index (χ4v) is 3.12. The second-order valence-electron chi connectivity index (χ2n) is 6.77. The van der Waals surface area contributed by atoms with Crippen LogP contribution < -0.4 is 5.32 Å². The number of rotatable bonds is 5. The highest BCUT2D eigenvalue weighted by molar-refractivity contribution is 6.05. The SMILES string of the molecule is Cc1nn(-c2ccccc2)nc1C(=O)OCC(=O)c1ccc2c(c1)[C@H](C)C(=O)N2. The Morgan fingerprint density at radius 2 is 1.90 bits per heavy atom. The molecular formula is C21H18N4O4. The third kappa shape index (κ3) is 3.52. The van der Waals surface area contributed by atoms with Crippen molar-refractivity contribution in [2.24, 2.45) is 0 Å². The van der Waals surface area contributed by atoms with Gasteiger partial charge in [0.1, 0.15) is 0 Å². The second-order valence-corrected chi connectivity index (χ2v) is 6.77. The molecule has 3 aromatic rings. The lowest BCUT2D eigenvalue weighted by Crippen LogP contribution is -2.15. The van der Waals surface area contributed by atoms with E-state index in [2.05, 4.69) is 15.5 Å². The molecule has 0 radical (unpaired) electrons. The van der Waals surface area contributed by atoms with Crippen LogP contribution in [0.3, 0.4) is 0 Å². The van der Waals surface area contributed by atoms with Gasteiger partial charge in [0.2, 0.25) is 5.91 Å². The van der Waals surface area contributed by atoms with Gasteiger partial charge in [-0.05, 0) is 49.7 Å². The number of nitrogens with zero attached hydrogens (tertiary/aromatic N) is 3. The summed E-state index contributed by atoms with van der Waals surface area (Å²) in [6, 6.07) is 14.1. The maximum Gasteiger partial charge on any atom is 0.361 e. The number of esters is 1. The van der Waals surface area contributed by atoms with E-state index >= 15 is 0 Å². The number of anilines is 1. The number of ketones is 1. The zero-order chi connectivity index (χ0) is 20.5. The number of para-hydroxylation sites is 1. The largest absolute Gasteiger partial charge is 0.452 e. The monoisotopic (exact) mass is 390 g/mol. The van der Waals surface area contributed by atoms with Crippen LogP contribution in [0.2, 0.25) is 0 Å². The van der Waals surface area contributed by atoms with Crippen LogP contribution >= 0.6 is 0 Å². The molecule has 29 heavy (non-hydrogen) atoms. The van der Waals surface area contributed by atoms with Crippen LogP contribution in [-0.4, -0.2) is 39.3 Å². The van der Waals surface area contributed by atoms with Crippen molar-refractivity contribution < 1.29 is 19.1 Å². The van der Waals surface area contributed by atoms with Crippen molar-refractivity contribution >= 4 is 23.3 Å². The quantitative estimate of drug-likeness (QED) is 0.531. The molecule has 2 heterocycles. The van der Waals surface area contributed by atoms with E-state index < -0.39 is 12.6 Å². The number of aryl methyl sites for hydroxylation is 1. The number of hydrogen-bond acceptors (Lipinski definition) is 6. The minimum absolute atomic E-state index is 0.0547. The van der Waals surface area contributed by atoms with E-state index in [0.717, 1.165) is 5.56 Å².